The first-order valence-corrected chi connectivity index (χ1v) is 10.7. The highest BCUT2D eigenvalue weighted by Crippen LogP contribution is 2.47. The molecular formula is C21H20F6N2O3S. The molecule has 1 aromatic carbocycles. The van der Waals surface area contributed by atoms with Crippen molar-refractivity contribution in [2.75, 3.05) is 12.4 Å². The summed E-state index contributed by atoms with van der Waals surface area (Å²) in [6, 6.07) is 6.23. The maximum Gasteiger partial charge on any atom is 0.439 e. The number of hydrogen-bond acceptors (Lipinski definition) is 5. The van der Waals surface area contributed by atoms with E-state index < -0.39 is 40.5 Å². The summed E-state index contributed by atoms with van der Waals surface area (Å²) in [4.78, 5) is 25.3. The zero-order valence-electron chi connectivity index (χ0n) is 17.3. The number of fused-ring (bicyclic) bond motifs is 1. The maximum atomic E-state index is 14.1. The number of rotatable bonds is 5. The molecule has 12 heteroatoms. The minimum Gasteiger partial charge on any atom is -0.465 e. The van der Waals surface area contributed by atoms with Crippen LogP contribution in [0.15, 0.2) is 30.3 Å². The fourth-order valence-corrected chi connectivity index (χ4v) is 4.96. The summed E-state index contributed by atoms with van der Waals surface area (Å²) < 4.78 is 89.2. The minimum atomic E-state index is -6.01. The Bertz CT molecular complexity index is 1000. The van der Waals surface area contributed by atoms with Crippen molar-refractivity contribution in [3.8, 4) is 0 Å². The van der Waals surface area contributed by atoms with Crippen molar-refractivity contribution in [2.45, 2.75) is 50.1 Å². The second kappa shape index (κ2) is 9.24. The molecule has 3 rings (SSSR count). The number of methoxy groups -OCH3 is 1. The Morgan fingerprint density at radius 2 is 1.55 bits per heavy atom. The zero-order valence-corrected chi connectivity index (χ0v) is 18.1. The van der Waals surface area contributed by atoms with Gasteiger partial charge in [0.05, 0.1) is 12.7 Å². The molecule has 0 spiro atoms. The normalized spacial score (nSPS) is 14.8. The van der Waals surface area contributed by atoms with Crippen LogP contribution >= 0.6 is 11.3 Å². The summed E-state index contributed by atoms with van der Waals surface area (Å²) in [5.74, 6) is -2.64. The zero-order chi connectivity index (χ0) is 24.4. The summed E-state index contributed by atoms with van der Waals surface area (Å²) in [7, 11) is 0.991. The van der Waals surface area contributed by atoms with E-state index in [9.17, 15) is 35.9 Å². The third-order valence-electron chi connectivity index (χ3n) is 5.30. The highest BCUT2D eigenvalue weighted by Gasteiger charge is 2.73. The van der Waals surface area contributed by atoms with Gasteiger partial charge in [0.25, 0.3) is 5.91 Å². The van der Waals surface area contributed by atoms with Gasteiger partial charge in [-0.15, -0.1) is 11.3 Å². The molecular weight excluding hydrogens is 474 g/mol. The van der Waals surface area contributed by atoms with Gasteiger partial charge in [0, 0.05) is 10.4 Å². The topological polar surface area (TPSA) is 67.4 Å². The Labute approximate surface area is 189 Å². The molecule has 1 aromatic heterocycles. The molecule has 0 saturated carbocycles. The molecule has 0 radical (unpaired) electrons. The van der Waals surface area contributed by atoms with Gasteiger partial charge in [-0.05, 0) is 43.4 Å². The predicted molar refractivity (Wildman–Crippen MR) is 109 cm³/mol. The van der Waals surface area contributed by atoms with Gasteiger partial charge in [-0.1, -0.05) is 24.6 Å². The Morgan fingerprint density at radius 3 is 2.12 bits per heavy atom. The highest BCUT2D eigenvalue weighted by molar-refractivity contribution is 7.16. The fourth-order valence-electron chi connectivity index (χ4n) is 3.63. The van der Waals surface area contributed by atoms with Gasteiger partial charge >= 0.3 is 24.0 Å². The average Bonchev–Trinajstić information content (AvgIpc) is 2.91. The number of halogens is 6. The fraction of sp³-hybridized carbons (Fsp3) is 0.429. The number of thiophene rings is 1. The lowest BCUT2D eigenvalue weighted by Gasteiger charge is -2.38. The van der Waals surface area contributed by atoms with Crippen LogP contribution in [0.4, 0.5) is 31.3 Å². The van der Waals surface area contributed by atoms with Gasteiger partial charge in [0.15, 0.2) is 0 Å². The molecule has 1 heterocycles. The standard InChI is InChI=1S/C21H20F6N2O3S/c1-32-18(31)15-13-10-6-3-7-11-14(13)33-17(15)29-19(20(22,23)24,21(25,26)27)28-16(30)12-8-4-2-5-9-12/h2,4-5,8-9,29H,3,6-7,10-11H2,1H3,(H,28,30). The van der Waals surface area contributed by atoms with Crippen molar-refractivity contribution in [1.82, 2.24) is 5.32 Å². The molecule has 2 N–H and O–H groups in total. The molecule has 0 aliphatic heterocycles. The second-order valence-corrected chi connectivity index (χ2v) is 8.56. The molecule has 0 fully saturated rings. The third kappa shape index (κ3) is 4.80. The SMILES string of the molecule is COC(=O)c1c(NC(NC(=O)c2ccccc2)(C(F)(F)F)C(F)(F)F)sc2c1CCCCC2. The van der Waals surface area contributed by atoms with E-state index in [-0.39, 0.29) is 5.56 Å². The number of hydrogen-bond donors (Lipinski definition) is 2. The van der Waals surface area contributed by atoms with Crippen LogP contribution in [0.25, 0.3) is 0 Å². The van der Waals surface area contributed by atoms with Crippen LogP contribution in [0.5, 0.6) is 0 Å². The molecule has 1 aliphatic rings. The number of anilines is 1. The van der Waals surface area contributed by atoms with E-state index in [0.717, 1.165) is 31.0 Å². The van der Waals surface area contributed by atoms with Crippen LogP contribution in [0, 0.1) is 0 Å². The number of aryl methyl sites for hydroxylation is 1. The number of amides is 1. The van der Waals surface area contributed by atoms with E-state index in [2.05, 4.69) is 4.74 Å². The highest BCUT2D eigenvalue weighted by atomic mass is 32.1. The van der Waals surface area contributed by atoms with Gasteiger partial charge in [0.2, 0.25) is 0 Å². The number of carbonyl (C=O) groups is 2. The van der Waals surface area contributed by atoms with Crippen molar-refractivity contribution in [3.63, 3.8) is 0 Å². The molecule has 33 heavy (non-hydrogen) atoms. The summed E-state index contributed by atoms with van der Waals surface area (Å²) in [6.07, 6.45) is -9.17. The quantitative estimate of drug-likeness (QED) is 0.251. The molecule has 0 bridgehead atoms. The van der Waals surface area contributed by atoms with E-state index in [1.165, 1.54) is 23.5 Å². The van der Waals surface area contributed by atoms with Crippen molar-refractivity contribution in [3.05, 3.63) is 51.9 Å². The molecule has 0 unspecified atom stereocenters. The van der Waals surface area contributed by atoms with Gasteiger partial charge < -0.3 is 15.4 Å². The lowest BCUT2D eigenvalue weighted by Crippen LogP contribution is -2.72. The first kappa shape index (κ1) is 24.9. The van der Waals surface area contributed by atoms with Crippen LogP contribution in [-0.4, -0.2) is 37.0 Å². The lowest BCUT2D eigenvalue weighted by atomic mass is 10.0. The smallest absolute Gasteiger partial charge is 0.439 e. The predicted octanol–water partition coefficient (Wildman–Crippen LogP) is 5.47. The van der Waals surface area contributed by atoms with E-state index in [4.69, 9.17) is 0 Å². The van der Waals surface area contributed by atoms with E-state index in [1.54, 1.807) is 0 Å². The van der Waals surface area contributed by atoms with E-state index >= 15 is 0 Å². The largest absolute Gasteiger partial charge is 0.465 e. The molecule has 2 aromatic rings. The number of nitrogens with one attached hydrogen (secondary N) is 2. The van der Waals surface area contributed by atoms with Gasteiger partial charge in [0.1, 0.15) is 5.00 Å². The van der Waals surface area contributed by atoms with Crippen LogP contribution in [0.1, 0.15) is 50.4 Å². The monoisotopic (exact) mass is 494 g/mol. The molecule has 5 nitrogen and oxygen atoms in total. The summed E-state index contributed by atoms with van der Waals surface area (Å²) in [5.41, 5.74) is -5.24. The Kier molecular flexibility index (Phi) is 6.96. The number of carbonyl (C=O) groups excluding carboxylic acids is 2. The van der Waals surface area contributed by atoms with Crippen molar-refractivity contribution < 1.29 is 40.7 Å². The van der Waals surface area contributed by atoms with Gasteiger partial charge in [-0.25, -0.2) is 4.79 Å². The van der Waals surface area contributed by atoms with Crippen molar-refractivity contribution in [1.29, 1.82) is 0 Å². The van der Waals surface area contributed by atoms with Crippen LogP contribution in [-0.2, 0) is 17.6 Å². The lowest BCUT2D eigenvalue weighted by molar-refractivity contribution is -0.293. The first-order chi connectivity index (χ1) is 15.4. The maximum absolute atomic E-state index is 14.1. The van der Waals surface area contributed by atoms with Crippen molar-refractivity contribution in [2.24, 2.45) is 0 Å². The molecule has 0 atom stereocenters. The van der Waals surface area contributed by atoms with Crippen LogP contribution in [0.3, 0.4) is 0 Å². The summed E-state index contributed by atoms with van der Waals surface area (Å²) in [6.45, 7) is 0. The third-order valence-corrected chi connectivity index (χ3v) is 6.51. The Morgan fingerprint density at radius 1 is 0.939 bits per heavy atom. The van der Waals surface area contributed by atoms with E-state index in [0.29, 0.717) is 47.5 Å². The Balaban J connectivity index is 2.15. The van der Waals surface area contributed by atoms with Crippen LogP contribution in [0.2, 0.25) is 0 Å². The number of alkyl halides is 6. The van der Waals surface area contributed by atoms with Gasteiger partial charge in [-0.2, -0.15) is 26.3 Å². The molecule has 0 saturated heterocycles. The molecule has 1 amide bonds. The van der Waals surface area contributed by atoms with Gasteiger partial charge in [-0.3, -0.25) is 4.79 Å². The average molecular weight is 494 g/mol. The number of benzene rings is 1. The number of ether oxygens (including phenoxy) is 1. The molecule has 180 valence electrons. The summed E-state index contributed by atoms with van der Waals surface area (Å²) >= 11 is 0.638. The second-order valence-electron chi connectivity index (χ2n) is 7.45. The summed E-state index contributed by atoms with van der Waals surface area (Å²) in [5, 5.41) is 1.92. The minimum absolute atomic E-state index is 0.319. The van der Waals surface area contributed by atoms with Crippen molar-refractivity contribution >= 4 is 28.2 Å². The molecule has 1 aliphatic carbocycles. The van der Waals surface area contributed by atoms with Crippen LogP contribution < -0.4 is 10.6 Å². The van der Waals surface area contributed by atoms with E-state index in [1.807, 2.05) is 0 Å². The number of esters is 1. The first-order valence-electron chi connectivity index (χ1n) is 9.93. The Hall–Kier alpha value is -2.76.